The van der Waals surface area contributed by atoms with E-state index < -0.39 is 0 Å². The summed E-state index contributed by atoms with van der Waals surface area (Å²) in [6.45, 7) is 6.79. The van der Waals surface area contributed by atoms with E-state index in [2.05, 4.69) is 38.6 Å². The van der Waals surface area contributed by atoms with Gasteiger partial charge in [0.05, 0.1) is 6.20 Å². The minimum absolute atomic E-state index is 0.0227. The summed E-state index contributed by atoms with van der Waals surface area (Å²) in [4.78, 5) is 23.3. The van der Waals surface area contributed by atoms with Gasteiger partial charge in [-0.25, -0.2) is 4.98 Å². The van der Waals surface area contributed by atoms with Crippen LogP contribution in [0.1, 0.15) is 68.2 Å². The smallest absolute Gasteiger partial charge is 0.274 e. The quantitative estimate of drug-likeness (QED) is 0.829. The maximum absolute atomic E-state index is 13.0. The highest BCUT2D eigenvalue weighted by Crippen LogP contribution is 2.51. The van der Waals surface area contributed by atoms with Gasteiger partial charge in [0.15, 0.2) is 0 Å². The van der Waals surface area contributed by atoms with Gasteiger partial charge in [-0.3, -0.25) is 9.78 Å². The van der Waals surface area contributed by atoms with Crippen LogP contribution >= 0.6 is 0 Å². The highest BCUT2D eigenvalue weighted by molar-refractivity contribution is 5.92. The second-order valence-electron chi connectivity index (χ2n) is 8.49. The van der Waals surface area contributed by atoms with Crippen LogP contribution < -0.4 is 0 Å². The molecule has 1 atom stereocenters. The monoisotopic (exact) mass is 368 g/mol. The Hall–Kier alpha value is -2.31. The van der Waals surface area contributed by atoms with Crippen LogP contribution in [0.2, 0.25) is 0 Å². The average molecular weight is 368 g/mol. The van der Waals surface area contributed by atoms with Crippen LogP contribution in [0.15, 0.2) is 24.9 Å². The van der Waals surface area contributed by atoms with E-state index in [-0.39, 0.29) is 17.2 Å². The molecule has 2 aliphatic rings. The summed E-state index contributed by atoms with van der Waals surface area (Å²) in [6, 6.07) is 0. The Morgan fingerprint density at radius 1 is 1.26 bits per heavy atom. The van der Waals surface area contributed by atoms with E-state index in [1.807, 2.05) is 11.2 Å². The molecule has 1 saturated heterocycles. The number of aromatic nitrogens is 5. The van der Waals surface area contributed by atoms with Gasteiger partial charge in [-0.2, -0.15) is 0 Å². The highest BCUT2D eigenvalue weighted by atomic mass is 16.2. The first-order valence-electron chi connectivity index (χ1n) is 10.0. The first-order valence-corrected chi connectivity index (χ1v) is 10.0. The van der Waals surface area contributed by atoms with Crippen LogP contribution in [-0.4, -0.2) is 48.6 Å². The van der Waals surface area contributed by atoms with Crippen molar-refractivity contribution in [2.24, 2.45) is 11.3 Å². The summed E-state index contributed by atoms with van der Waals surface area (Å²) in [5.74, 6) is 1.78. The third kappa shape index (κ3) is 3.47. The van der Waals surface area contributed by atoms with Crippen molar-refractivity contribution in [1.82, 2.24) is 29.6 Å². The molecule has 7 heteroatoms. The molecule has 2 aromatic heterocycles. The number of likely N-dealkylation sites (tertiary alicyclic amines) is 1. The second kappa shape index (κ2) is 7.37. The van der Waals surface area contributed by atoms with Crippen molar-refractivity contribution in [2.45, 2.75) is 58.4 Å². The summed E-state index contributed by atoms with van der Waals surface area (Å²) in [7, 11) is 0. The first-order chi connectivity index (χ1) is 13.1. The normalized spacial score (nSPS) is 21.9. The largest absolute Gasteiger partial charge is 0.336 e. The molecule has 27 heavy (non-hydrogen) atoms. The predicted octanol–water partition coefficient (Wildman–Crippen LogP) is 2.91. The van der Waals surface area contributed by atoms with Crippen molar-refractivity contribution in [2.75, 3.05) is 13.1 Å². The average Bonchev–Trinajstić information content (AvgIpc) is 3.26. The molecule has 1 spiro atoms. The van der Waals surface area contributed by atoms with Crippen molar-refractivity contribution >= 4 is 5.91 Å². The third-order valence-electron chi connectivity index (χ3n) is 6.09. The van der Waals surface area contributed by atoms with E-state index in [0.717, 1.165) is 31.8 Å². The molecule has 3 heterocycles. The molecule has 7 nitrogen and oxygen atoms in total. The number of nitrogens with zero attached hydrogens (tertiary/aromatic N) is 6. The summed E-state index contributed by atoms with van der Waals surface area (Å²) < 4.78 is 2.20. The molecule has 1 aliphatic heterocycles. The Balaban J connectivity index is 1.65. The van der Waals surface area contributed by atoms with Gasteiger partial charge in [-0.15, -0.1) is 10.2 Å². The minimum Gasteiger partial charge on any atom is -0.336 e. The lowest BCUT2D eigenvalue weighted by molar-refractivity contribution is 0.0752. The van der Waals surface area contributed by atoms with Crippen molar-refractivity contribution < 1.29 is 4.79 Å². The van der Waals surface area contributed by atoms with Gasteiger partial charge in [0, 0.05) is 37.9 Å². The number of rotatable bonds is 4. The molecular weight excluding hydrogens is 340 g/mol. The molecule has 4 rings (SSSR count). The fourth-order valence-electron chi connectivity index (χ4n) is 4.88. The lowest BCUT2D eigenvalue weighted by atomic mass is 9.67. The van der Waals surface area contributed by atoms with E-state index in [1.165, 1.54) is 19.3 Å². The zero-order valence-corrected chi connectivity index (χ0v) is 16.2. The molecule has 1 amide bonds. The van der Waals surface area contributed by atoms with Crippen molar-refractivity contribution in [3.8, 4) is 0 Å². The Bertz CT molecular complexity index is 781. The van der Waals surface area contributed by atoms with Crippen molar-refractivity contribution in [3.63, 3.8) is 0 Å². The van der Waals surface area contributed by atoms with Crippen LogP contribution in [-0.2, 0) is 6.54 Å². The molecule has 0 aromatic carbocycles. The van der Waals surface area contributed by atoms with Gasteiger partial charge >= 0.3 is 0 Å². The molecular formula is C20H28N6O. The molecule has 2 aromatic rings. The standard InChI is InChI=1S/C20H28N6O/c1-15(2)11-26-14-23-24-18(26)16-12-25(13-20(16)6-4-3-5-7-20)19(27)17-10-21-8-9-22-17/h8-10,14-16H,3-7,11-13H2,1-2H3. The summed E-state index contributed by atoms with van der Waals surface area (Å²) in [5.41, 5.74) is 0.533. The Morgan fingerprint density at radius 3 is 2.78 bits per heavy atom. The number of amides is 1. The van der Waals surface area contributed by atoms with Crippen LogP contribution in [0, 0.1) is 11.3 Å². The van der Waals surface area contributed by atoms with Crippen LogP contribution in [0.4, 0.5) is 0 Å². The van der Waals surface area contributed by atoms with Crippen LogP contribution in [0.3, 0.4) is 0 Å². The Labute approximate surface area is 160 Å². The maximum atomic E-state index is 13.0. The Morgan fingerprint density at radius 2 is 2.07 bits per heavy atom. The van der Waals surface area contributed by atoms with Gasteiger partial charge in [-0.05, 0) is 24.2 Å². The topological polar surface area (TPSA) is 76.8 Å². The predicted molar refractivity (Wildman–Crippen MR) is 101 cm³/mol. The molecule has 1 aliphatic carbocycles. The van der Waals surface area contributed by atoms with E-state index in [4.69, 9.17) is 0 Å². The third-order valence-corrected chi connectivity index (χ3v) is 6.09. The molecule has 0 bridgehead atoms. The molecule has 0 radical (unpaired) electrons. The zero-order valence-electron chi connectivity index (χ0n) is 16.2. The number of carbonyl (C=O) groups excluding carboxylic acids is 1. The Kier molecular flexibility index (Phi) is 4.93. The maximum Gasteiger partial charge on any atom is 0.274 e. The number of carbonyl (C=O) groups is 1. The fraction of sp³-hybridized carbons (Fsp3) is 0.650. The molecule has 1 saturated carbocycles. The lowest BCUT2D eigenvalue weighted by Gasteiger charge is -2.37. The van der Waals surface area contributed by atoms with E-state index in [9.17, 15) is 4.79 Å². The van der Waals surface area contributed by atoms with E-state index >= 15 is 0 Å². The zero-order chi connectivity index (χ0) is 18.9. The molecule has 0 N–H and O–H groups in total. The van der Waals surface area contributed by atoms with E-state index in [0.29, 0.717) is 18.2 Å². The molecule has 2 fully saturated rings. The van der Waals surface area contributed by atoms with E-state index in [1.54, 1.807) is 18.6 Å². The lowest BCUT2D eigenvalue weighted by Crippen LogP contribution is -2.35. The van der Waals surface area contributed by atoms with Crippen molar-refractivity contribution in [3.05, 3.63) is 36.4 Å². The summed E-state index contributed by atoms with van der Waals surface area (Å²) >= 11 is 0. The van der Waals surface area contributed by atoms with Gasteiger partial charge in [0.1, 0.15) is 17.8 Å². The number of hydrogen-bond acceptors (Lipinski definition) is 5. The first kappa shape index (κ1) is 18.1. The van der Waals surface area contributed by atoms with Crippen molar-refractivity contribution in [1.29, 1.82) is 0 Å². The molecule has 1 unspecified atom stereocenters. The second-order valence-corrected chi connectivity index (χ2v) is 8.49. The number of hydrogen-bond donors (Lipinski definition) is 0. The van der Waals surface area contributed by atoms with Gasteiger partial charge in [0.2, 0.25) is 0 Å². The van der Waals surface area contributed by atoms with Gasteiger partial charge in [0.25, 0.3) is 5.91 Å². The highest BCUT2D eigenvalue weighted by Gasteiger charge is 2.50. The van der Waals surface area contributed by atoms with Crippen LogP contribution in [0.25, 0.3) is 0 Å². The molecule has 144 valence electrons. The van der Waals surface area contributed by atoms with Crippen LogP contribution in [0.5, 0.6) is 0 Å². The SMILES string of the molecule is CC(C)Cn1cnnc1C1CN(C(=O)c2cnccn2)CC12CCCCC2. The fourth-order valence-corrected chi connectivity index (χ4v) is 4.88. The summed E-state index contributed by atoms with van der Waals surface area (Å²) in [5, 5.41) is 8.73. The van der Waals surface area contributed by atoms with Gasteiger partial charge < -0.3 is 9.47 Å². The minimum atomic E-state index is -0.0227. The van der Waals surface area contributed by atoms with Gasteiger partial charge in [-0.1, -0.05) is 33.1 Å². The summed E-state index contributed by atoms with van der Waals surface area (Å²) in [6.07, 6.45) is 12.6.